The molecular weight excluding hydrogens is 340 g/mol. The third-order valence-corrected chi connectivity index (χ3v) is 5.45. The Morgan fingerprint density at radius 2 is 1.90 bits per heavy atom. The smallest absolute Gasteiger partial charge is 0.322 e. The molecule has 0 aromatic heterocycles. The van der Waals surface area contributed by atoms with Crippen LogP contribution in [0.5, 0.6) is 0 Å². The Hall–Kier alpha value is -0.520. The number of hydrogen-bond donors (Lipinski definition) is 1. The number of alkyl halides is 1. The van der Waals surface area contributed by atoms with Gasteiger partial charge in [-0.2, -0.15) is 0 Å². The summed E-state index contributed by atoms with van der Waals surface area (Å²) in [6, 6.07) is 9.54. The summed E-state index contributed by atoms with van der Waals surface area (Å²) >= 11 is 4.78. The molecule has 5 heteroatoms. The van der Waals surface area contributed by atoms with Crippen LogP contribution in [0.4, 0.5) is 0 Å². The zero-order valence-corrected chi connectivity index (χ0v) is 14.6. The van der Waals surface area contributed by atoms with Gasteiger partial charge in [0.1, 0.15) is 5.25 Å². The maximum atomic E-state index is 12.2. The lowest BCUT2D eigenvalue weighted by Gasteiger charge is -2.40. The summed E-state index contributed by atoms with van der Waals surface area (Å²) in [5.41, 5.74) is -1.26. The maximum absolute atomic E-state index is 12.2. The van der Waals surface area contributed by atoms with Crippen molar-refractivity contribution >= 4 is 33.7 Å². The van der Waals surface area contributed by atoms with Crippen LogP contribution >= 0.6 is 27.7 Å². The van der Waals surface area contributed by atoms with Crippen LogP contribution in [-0.4, -0.2) is 32.9 Å². The summed E-state index contributed by atoms with van der Waals surface area (Å²) in [4.78, 5) is 13.1. The van der Waals surface area contributed by atoms with Gasteiger partial charge in [0, 0.05) is 4.90 Å². The fraction of sp³-hybridized carbons (Fsp3) is 0.533. The summed E-state index contributed by atoms with van der Waals surface area (Å²) in [7, 11) is 0. The molecule has 0 aliphatic carbocycles. The van der Waals surface area contributed by atoms with E-state index in [9.17, 15) is 9.90 Å². The zero-order valence-electron chi connectivity index (χ0n) is 12.2. The predicted octanol–water partition coefficient (Wildman–Crippen LogP) is 3.63. The van der Waals surface area contributed by atoms with Crippen LogP contribution < -0.4 is 0 Å². The largest absolute Gasteiger partial charge is 0.465 e. The highest BCUT2D eigenvalue weighted by Crippen LogP contribution is 2.41. The lowest BCUT2D eigenvalue weighted by molar-refractivity contribution is -0.147. The summed E-state index contributed by atoms with van der Waals surface area (Å²) < 4.78 is 4.49. The lowest BCUT2D eigenvalue weighted by Crippen LogP contribution is -2.54. The first-order valence-electron chi connectivity index (χ1n) is 6.49. The topological polar surface area (TPSA) is 46.5 Å². The van der Waals surface area contributed by atoms with Crippen molar-refractivity contribution in [3.63, 3.8) is 0 Å². The summed E-state index contributed by atoms with van der Waals surface area (Å²) in [6.45, 7) is 7.38. The first-order chi connectivity index (χ1) is 9.20. The molecule has 1 aromatic carbocycles. The molecule has 1 aromatic rings. The third-order valence-electron chi connectivity index (χ3n) is 3.21. The minimum absolute atomic E-state index is 0.295. The van der Waals surface area contributed by atoms with Crippen molar-refractivity contribution in [2.24, 2.45) is 0 Å². The monoisotopic (exact) mass is 360 g/mol. The number of carbonyl (C=O) groups excluding carboxylic acids is 1. The van der Waals surface area contributed by atoms with E-state index in [-0.39, 0.29) is 0 Å². The van der Waals surface area contributed by atoms with Crippen molar-refractivity contribution in [1.29, 1.82) is 0 Å². The van der Waals surface area contributed by atoms with Gasteiger partial charge in [0.05, 0.1) is 16.5 Å². The quantitative estimate of drug-likeness (QED) is 0.478. The molecule has 0 aliphatic heterocycles. The molecule has 1 N–H and O–H groups in total. The van der Waals surface area contributed by atoms with Crippen molar-refractivity contribution in [2.45, 2.75) is 47.8 Å². The number of aliphatic hydroxyl groups is 1. The maximum Gasteiger partial charge on any atom is 0.322 e. The van der Waals surface area contributed by atoms with Crippen molar-refractivity contribution in [3.8, 4) is 0 Å². The van der Waals surface area contributed by atoms with Crippen molar-refractivity contribution in [3.05, 3.63) is 30.3 Å². The van der Waals surface area contributed by atoms with Gasteiger partial charge in [-0.1, -0.05) is 34.1 Å². The molecule has 0 heterocycles. The van der Waals surface area contributed by atoms with Crippen LogP contribution in [0, 0.1) is 0 Å². The van der Waals surface area contributed by atoms with E-state index >= 15 is 0 Å². The third kappa shape index (κ3) is 4.24. The Morgan fingerprint density at radius 1 is 1.35 bits per heavy atom. The average Bonchev–Trinajstić information content (AvgIpc) is 2.36. The molecule has 0 spiro atoms. The van der Waals surface area contributed by atoms with E-state index in [4.69, 9.17) is 4.74 Å². The van der Waals surface area contributed by atoms with E-state index in [0.29, 0.717) is 6.61 Å². The molecule has 0 radical (unpaired) electrons. The molecule has 0 saturated heterocycles. The van der Waals surface area contributed by atoms with Crippen molar-refractivity contribution in [1.82, 2.24) is 0 Å². The Kier molecular flexibility index (Phi) is 6.10. The highest BCUT2D eigenvalue weighted by atomic mass is 79.9. The van der Waals surface area contributed by atoms with Crippen LogP contribution in [0.25, 0.3) is 0 Å². The van der Waals surface area contributed by atoms with Crippen LogP contribution in [0.15, 0.2) is 35.2 Å². The molecule has 0 aliphatic rings. The second-order valence-electron chi connectivity index (χ2n) is 5.18. The molecule has 0 saturated carbocycles. The van der Waals surface area contributed by atoms with E-state index in [1.165, 1.54) is 11.8 Å². The zero-order chi connectivity index (χ0) is 15.4. The Bertz CT molecular complexity index is 440. The van der Waals surface area contributed by atoms with E-state index in [1.54, 1.807) is 13.8 Å². The van der Waals surface area contributed by atoms with Gasteiger partial charge in [-0.3, -0.25) is 4.79 Å². The lowest BCUT2D eigenvalue weighted by atomic mass is 9.88. The van der Waals surface area contributed by atoms with Crippen molar-refractivity contribution < 1.29 is 14.6 Å². The molecule has 0 amide bonds. The van der Waals surface area contributed by atoms with Gasteiger partial charge >= 0.3 is 5.97 Å². The second-order valence-corrected chi connectivity index (χ2v) is 8.34. The van der Waals surface area contributed by atoms with E-state index in [0.717, 1.165) is 4.90 Å². The predicted molar refractivity (Wildman–Crippen MR) is 86.3 cm³/mol. The molecule has 2 unspecified atom stereocenters. The molecule has 2 atom stereocenters. The highest BCUT2D eigenvalue weighted by molar-refractivity contribution is 9.10. The van der Waals surface area contributed by atoms with Gasteiger partial charge in [0.25, 0.3) is 0 Å². The SMILES string of the molecule is CCOC(=O)C(Sc1ccccc1)C(C)(O)C(C)(C)Br. The minimum Gasteiger partial charge on any atom is -0.465 e. The summed E-state index contributed by atoms with van der Waals surface area (Å²) in [5.74, 6) is -0.404. The molecular formula is C15H21BrO3S. The number of ether oxygens (including phenoxy) is 1. The van der Waals surface area contributed by atoms with Crippen molar-refractivity contribution in [2.75, 3.05) is 6.61 Å². The van der Waals surface area contributed by atoms with Gasteiger partial charge in [0.15, 0.2) is 0 Å². The van der Waals surface area contributed by atoms with E-state index < -0.39 is 21.1 Å². The van der Waals surface area contributed by atoms with E-state index in [2.05, 4.69) is 15.9 Å². The fourth-order valence-electron chi connectivity index (χ4n) is 1.56. The van der Waals surface area contributed by atoms with Crippen LogP contribution in [0.1, 0.15) is 27.7 Å². The standard InChI is InChI=1S/C15H21BrO3S/c1-5-19-13(17)12(15(4,18)14(2,3)16)20-11-9-7-6-8-10-11/h6-10,12,18H,5H2,1-4H3. The van der Waals surface area contributed by atoms with Crippen LogP contribution in [0.3, 0.4) is 0 Å². The second kappa shape index (κ2) is 6.96. The molecule has 1 rings (SSSR count). The van der Waals surface area contributed by atoms with Gasteiger partial charge < -0.3 is 9.84 Å². The highest BCUT2D eigenvalue weighted by Gasteiger charge is 2.48. The number of halogens is 1. The van der Waals surface area contributed by atoms with Crippen LogP contribution in [0.2, 0.25) is 0 Å². The first kappa shape index (κ1) is 17.5. The van der Waals surface area contributed by atoms with Crippen LogP contribution in [-0.2, 0) is 9.53 Å². The first-order valence-corrected chi connectivity index (χ1v) is 8.17. The number of carbonyl (C=O) groups is 1. The Labute approximate surface area is 133 Å². The number of hydrogen-bond acceptors (Lipinski definition) is 4. The molecule has 112 valence electrons. The fourth-order valence-corrected chi connectivity index (χ4v) is 3.21. The van der Waals surface area contributed by atoms with Gasteiger partial charge in [-0.15, -0.1) is 11.8 Å². The van der Waals surface area contributed by atoms with Gasteiger partial charge in [0.2, 0.25) is 0 Å². The van der Waals surface area contributed by atoms with E-state index in [1.807, 2.05) is 44.2 Å². The summed E-state index contributed by atoms with van der Waals surface area (Å²) in [6.07, 6.45) is 0. The number of benzene rings is 1. The number of esters is 1. The van der Waals surface area contributed by atoms with Gasteiger partial charge in [-0.05, 0) is 39.8 Å². The molecule has 0 fully saturated rings. The average molecular weight is 361 g/mol. The number of rotatable bonds is 6. The molecule has 20 heavy (non-hydrogen) atoms. The Balaban J connectivity index is 3.06. The Morgan fingerprint density at radius 3 is 2.35 bits per heavy atom. The molecule has 0 bridgehead atoms. The normalized spacial score (nSPS) is 16.3. The van der Waals surface area contributed by atoms with Gasteiger partial charge in [-0.25, -0.2) is 0 Å². The number of thioether (sulfide) groups is 1. The summed E-state index contributed by atoms with van der Waals surface area (Å²) in [5, 5.41) is 10.1. The minimum atomic E-state index is -1.26. The molecule has 3 nitrogen and oxygen atoms in total.